The van der Waals surface area contributed by atoms with Crippen LogP contribution in [0, 0.1) is 0 Å². The molecule has 1 fully saturated rings. The molecule has 0 aliphatic carbocycles. The average molecular weight is 221 g/mol. The molecule has 1 aromatic rings. The summed E-state index contributed by atoms with van der Waals surface area (Å²) in [7, 11) is 0. The zero-order valence-electron chi connectivity index (χ0n) is 9.72. The van der Waals surface area contributed by atoms with E-state index in [1.54, 1.807) is 0 Å². The van der Waals surface area contributed by atoms with Crippen LogP contribution in [0.2, 0.25) is 0 Å². The van der Waals surface area contributed by atoms with E-state index in [0.717, 1.165) is 37.4 Å². The van der Waals surface area contributed by atoms with Crippen molar-refractivity contribution < 1.29 is 9.84 Å². The first kappa shape index (κ1) is 11.4. The van der Waals surface area contributed by atoms with Gasteiger partial charge in [-0.3, -0.25) is 0 Å². The molecule has 1 heterocycles. The maximum atomic E-state index is 9.35. The second-order valence-corrected chi connectivity index (χ2v) is 4.12. The number of aliphatic hydroxyl groups excluding tert-OH is 1. The Morgan fingerprint density at radius 1 is 1.44 bits per heavy atom. The molecule has 0 spiro atoms. The first-order chi connectivity index (χ1) is 7.86. The van der Waals surface area contributed by atoms with Gasteiger partial charge in [-0.15, -0.1) is 0 Å². The molecule has 0 bridgehead atoms. The van der Waals surface area contributed by atoms with Gasteiger partial charge in [0.25, 0.3) is 0 Å². The molecule has 0 aromatic heterocycles. The Bertz CT molecular complexity index is 340. The van der Waals surface area contributed by atoms with E-state index in [4.69, 9.17) is 4.74 Å². The number of ether oxygens (including phenoxy) is 1. The largest absolute Gasteiger partial charge is 0.392 e. The lowest BCUT2D eigenvalue weighted by Crippen LogP contribution is -2.45. The predicted molar refractivity (Wildman–Crippen MR) is 64.6 cm³/mol. The highest BCUT2D eigenvalue weighted by molar-refractivity contribution is 5.54. The maximum absolute atomic E-state index is 9.35. The number of hydrogen-bond donors (Lipinski definition) is 1. The van der Waals surface area contributed by atoms with Crippen molar-refractivity contribution in [1.29, 1.82) is 0 Å². The van der Waals surface area contributed by atoms with Crippen molar-refractivity contribution in [3.05, 3.63) is 29.8 Å². The lowest BCUT2D eigenvalue weighted by Gasteiger charge is -2.37. The van der Waals surface area contributed by atoms with Crippen molar-refractivity contribution in [2.24, 2.45) is 0 Å². The highest BCUT2D eigenvalue weighted by atomic mass is 16.5. The molecular weight excluding hydrogens is 202 g/mol. The fourth-order valence-corrected chi connectivity index (χ4v) is 2.23. The molecule has 0 saturated carbocycles. The minimum Gasteiger partial charge on any atom is -0.392 e. The molecule has 1 unspecified atom stereocenters. The Morgan fingerprint density at radius 3 is 3.00 bits per heavy atom. The van der Waals surface area contributed by atoms with Crippen LogP contribution in [-0.2, 0) is 11.3 Å². The van der Waals surface area contributed by atoms with Crippen molar-refractivity contribution >= 4 is 5.69 Å². The maximum Gasteiger partial charge on any atom is 0.0702 e. The van der Waals surface area contributed by atoms with Gasteiger partial charge in [-0.25, -0.2) is 0 Å². The summed E-state index contributed by atoms with van der Waals surface area (Å²) in [6.45, 7) is 4.75. The van der Waals surface area contributed by atoms with Gasteiger partial charge in [0.2, 0.25) is 0 Å². The first-order valence-corrected chi connectivity index (χ1v) is 5.90. The molecule has 3 heteroatoms. The Hall–Kier alpha value is -1.06. The van der Waals surface area contributed by atoms with E-state index in [1.807, 2.05) is 18.2 Å². The van der Waals surface area contributed by atoms with Crippen LogP contribution in [0.15, 0.2) is 24.3 Å². The number of hydrogen-bond acceptors (Lipinski definition) is 3. The normalized spacial score (nSPS) is 21.1. The van der Waals surface area contributed by atoms with E-state index in [2.05, 4.69) is 17.9 Å². The van der Waals surface area contributed by atoms with Gasteiger partial charge in [0.1, 0.15) is 0 Å². The van der Waals surface area contributed by atoms with Crippen molar-refractivity contribution in [3.8, 4) is 0 Å². The third-order valence-corrected chi connectivity index (χ3v) is 3.17. The van der Waals surface area contributed by atoms with Crippen molar-refractivity contribution in [2.75, 3.05) is 24.7 Å². The van der Waals surface area contributed by atoms with Gasteiger partial charge in [0.15, 0.2) is 0 Å². The van der Waals surface area contributed by atoms with Crippen LogP contribution >= 0.6 is 0 Å². The van der Waals surface area contributed by atoms with Crippen LogP contribution in [0.5, 0.6) is 0 Å². The molecule has 3 nitrogen and oxygen atoms in total. The fraction of sp³-hybridized carbons (Fsp3) is 0.538. The third-order valence-electron chi connectivity index (χ3n) is 3.17. The summed E-state index contributed by atoms with van der Waals surface area (Å²) >= 11 is 0. The van der Waals surface area contributed by atoms with Crippen LogP contribution in [0.4, 0.5) is 5.69 Å². The summed E-state index contributed by atoms with van der Waals surface area (Å²) < 4.78 is 5.49. The second kappa shape index (κ2) is 5.32. The van der Waals surface area contributed by atoms with Gasteiger partial charge < -0.3 is 14.7 Å². The van der Waals surface area contributed by atoms with E-state index >= 15 is 0 Å². The first-order valence-electron chi connectivity index (χ1n) is 5.90. The van der Waals surface area contributed by atoms with E-state index in [0.29, 0.717) is 6.04 Å². The Morgan fingerprint density at radius 2 is 2.25 bits per heavy atom. The van der Waals surface area contributed by atoms with E-state index in [-0.39, 0.29) is 6.61 Å². The van der Waals surface area contributed by atoms with Gasteiger partial charge in [-0.05, 0) is 12.5 Å². The number of nitrogens with zero attached hydrogens (tertiary/aromatic N) is 1. The molecular formula is C13H19NO2. The van der Waals surface area contributed by atoms with Gasteiger partial charge >= 0.3 is 0 Å². The monoisotopic (exact) mass is 221 g/mol. The van der Waals surface area contributed by atoms with Crippen LogP contribution in [-0.4, -0.2) is 30.9 Å². The summed E-state index contributed by atoms with van der Waals surface area (Å²) in [6, 6.07) is 8.49. The predicted octanol–water partition coefficient (Wildman–Crippen LogP) is 1.79. The lowest BCUT2D eigenvalue weighted by molar-refractivity contribution is 0.0927. The van der Waals surface area contributed by atoms with E-state index in [1.165, 1.54) is 0 Å². The molecule has 1 N–H and O–H groups in total. The Balaban J connectivity index is 2.26. The molecule has 1 aliphatic rings. The summed E-state index contributed by atoms with van der Waals surface area (Å²) in [4.78, 5) is 2.36. The zero-order chi connectivity index (χ0) is 11.4. The molecule has 1 atom stereocenters. The molecule has 16 heavy (non-hydrogen) atoms. The number of benzene rings is 1. The van der Waals surface area contributed by atoms with Crippen LogP contribution in [0.1, 0.15) is 18.9 Å². The highest BCUT2D eigenvalue weighted by Gasteiger charge is 2.22. The van der Waals surface area contributed by atoms with Crippen LogP contribution < -0.4 is 4.90 Å². The summed E-state index contributed by atoms with van der Waals surface area (Å²) in [5, 5.41) is 9.35. The standard InChI is InChI=1S/C13H19NO2/c1-2-12-10-16-8-7-14(12)13-6-4-3-5-11(13)9-15/h3-6,12,15H,2,7-10H2,1H3. The zero-order valence-corrected chi connectivity index (χ0v) is 9.72. The molecule has 0 radical (unpaired) electrons. The molecule has 0 amide bonds. The fourth-order valence-electron chi connectivity index (χ4n) is 2.23. The lowest BCUT2D eigenvalue weighted by atomic mass is 10.1. The van der Waals surface area contributed by atoms with Gasteiger partial charge in [-0.1, -0.05) is 25.1 Å². The van der Waals surface area contributed by atoms with Crippen molar-refractivity contribution in [2.45, 2.75) is 26.0 Å². The highest BCUT2D eigenvalue weighted by Crippen LogP contribution is 2.25. The number of morpholine rings is 1. The second-order valence-electron chi connectivity index (χ2n) is 4.12. The molecule has 88 valence electrons. The Kier molecular flexibility index (Phi) is 3.80. The summed E-state index contributed by atoms with van der Waals surface area (Å²) in [5.41, 5.74) is 2.16. The molecule has 2 rings (SSSR count). The summed E-state index contributed by atoms with van der Waals surface area (Å²) in [5.74, 6) is 0. The number of rotatable bonds is 3. The quantitative estimate of drug-likeness (QED) is 0.844. The molecule has 1 aliphatic heterocycles. The number of para-hydroxylation sites is 1. The SMILES string of the molecule is CCC1COCCN1c1ccccc1CO. The van der Waals surface area contributed by atoms with Gasteiger partial charge in [0.05, 0.1) is 25.9 Å². The van der Waals surface area contributed by atoms with Gasteiger partial charge in [-0.2, -0.15) is 0 Å². The topological polar surface area (TPSA) is 32.7 Å². The van der Waals surface area contributed by atoms with E-state index < -0.39 is 0 Å². The molecule has 1 saturated heterocycles. The summed E-state index contributed by atoms with van der Waals surface area (Å²) in [6.07, 6.45) is 1.07. The van der Waals surface area contributed by atoms with Crippen LogP contribution in [0.25, 0.3) is 0 Å². The number of anilines is 1. The van der Waals surface area contributed by atoms with Crippen molar-refractivity contribution in [1.82, 2.24) is 0 Å². The average Bonchev–Trinajstić information content (AvgIpc) is 2.38. The van der Waals surface area contributed by atoms with Crippen molar-refractivity contribution in [3.63, 3.8) is 0 Å². The van der Waals surface area contributed by atoms with Gasteiger partial charge in [0, 0.05) is 17.8 Å². The minimum absolute atomic E-state index is 0.101. The Labute approximate surface area is 96.6 Å². The van der Waals surface area contributed by atoms with E-state index in [9.17, 15) is 5.11 Å². The molecule has 1 aromatic carbocycles. The van der Waals surface area contributed by atoms with Crippen LogP contribution in [0.3, 0.4) is 0 Å². The third kappa shape index (κ3) is 2.20. The minimum atomic E-state index is 0.101. The smallest absolute Gasteiger partial charge is 0.0702 e. The number of aliphatic hydroxyl groups is 1.